The molecule has 0 aliphatic carbocycles. The largest absolute Gasteiger partial charge is 0.489 e. The van der Waals surface area contributed by atoms with E-state index in [4.69, 9.17) is 26.6 Å². The van der Waals surface area contributed by atoms with E-state index in [1.165, 1.54) is 0 Å². The molecule has 124 valence electrons. The lowest BCUT2D eigenvalue weighted by Gasteiger charge is -2.11. The number of aromatic nitrogens is 2. The third-order valence-corrected chi connectivity index (χ3v) is 3.75. The predicted octanol–water partition coefficient (Wildman–Crippen LogP) is 4.73. The Morgan fingerprint density at radius 3 is 2.62 bits per heavy atom. The molecule has 0 fully saturated rings. The number of hydrogen-bond donors (Lipinski definition) is 1. The van der Waals surface area contributed by atoms with Crippen LogP contribution in [0.4, 0.5) is 5.69 Å². The minimum absolute atomic E-state index is 0.0526. The Morgan fingerprint density at radius 2 is 1.96 bits per heavy atom. The summed E-state index contributed by atoms with van der Waals surface area (Å²) in [5.74, 6) is 1.55. The van der Waals surface area contributed by atoms with Crippen LogP contribution in [-0.4, -0.2) is 16.2 Å². The van der Waals surface area contributed by atoms with Gasteiger partial charge in [0.2, 0.25) is 5.82 Å². The minimum atomic E-state index is 0.0526. The molecule has 0 aliphatic heterocycles. The summed E-state index contributed by atoms with van der Waals surface area (Å²) >= 11 is 6.26. The van der Waals surface area contributed by atoms with Crippen LogP contribution in [0.2, 0.25) is 5.02 Å². The predicted molar refractivity (Wildman–Crippen MR) is 95.1 cm³/mol. The lowest BCUT2D eigenvalue weighted by molar-refractivity contribution is 0.242. The summed E-state index contributed by atoms with van der Waals surface area (Å²) in [4.78, 5) is 4.45. The molecule has 3 rings (SSSR count). The molecule has 24 heavy (non-hydrogen) atoms. The highest BCUT2D eigenvalue weighted by atomic mass is 35.5. The Hall–Kier alpha value is -2.53. The van der Waals surface area contributed by atoms with Gasteiger partial charge in [-0.15, -0.1) is 0 Å². The Kier molecular flexibility index (Phi) is 4.44. The van der Waals surface area contributed by atoms with Crippen LogP contribution in [0.25, 0.3) is 22.8 Å². The topological polar surface area (TPSA) is 74.2 Å². The van der Waals surface area contributed by atoms with Crippen molar-refractivity contribution in [3.8, 4) is 28.6 Å². The molecule has 0 unspecified atom stereocenters. The Bertz CT molecular complexity index is 874. The SMILES string of the molecule is Cc1cc(N)ccc1-c1noc(-c2ccc(OC(C)C)c(Cl)c2)n1. The van der Waals surface area contributed by atoms with Crippen molar-refractivity contribution in [3.63, 3.8) is 0 Å². The molecule has 3 aromatic rings. The molecule has 0 aliphatic rings. The number of hydrogen-bond acceptors (Lipinski definition) is 5. The number of nitrogens with zero attached hydrogens (tertiary/aromatic N) is 2. The second-order valence-electron chi connectivity index (χ2n) is 5.81. The van der Waals surface area contributed by atoms with Crippen LogP contribution in [0.3, 0.4) is 0 Å². The highest BCUT2D eigenvalue weighted by Gasteiger charge is 2.14. The van der Waals surface area contributed by atoms with Gasteiger partial charge in [-0.05, 0) is 62.7 Å². The van der Waals surface area contributed by atoms with E-state index in [0.29, 0.717) is 28.2 Å². The zero-order valence-electron chi connectivity index (χ0n) is 13.7. The first kappa shape index (κ1) is 16.3. The van der Waals surface area contributed by atoms with Crippen molar-refractivity contribution >= 4 is 17.3 Å². The quantitative estimate of drug-likeness (QED) is 0.693. The molecule has 0 atom stereocenters. The molecule has 1 aromatic heterocycles. The first-order chi connectivity index (χ1) is 11.4. The van der Waals surface area contributed by atoms with Crippen molar-refractivity contribution in [2.45, 2.75) is 26.9 Å². The number of benzene rings is 2. The summed E-state index contributed by atoms with van der Waals surface area (Å²) in [6, 6.07) is 11.0. The molecule has 0 saturated carbocycles. The maximum atomic E-state index is 6.26. The van der Waals surface area contributed by atoms with Gasteiger partial charge in [0.15, 0.2) is 0 Å². The lowest BCUT2D eigenvalue weighted by Crippen LogP contribution is -2.05. The second-order valence-corrected chi connectivity index (χ2v) is 6.22. The summed E-state index contributed by atoms with van der Waals surface area (Å²) in [6.07, 6.45) is 0.0526. The molecule has 0 radical (unpaired) electrons. The first-order valence-corrected chi connectivity index (χ1v) is 7.98. The summed E-state index contributed by atoms with van der Waals surface area (Å²) in [5.41, 5.74) is 9.08. The number of rotatable bonds is 4. The summed E-state index contributed by atoms with van der Waals surface area (Å²) in [5, 5.41) is 4.56. The number of aryl methyl sites for hydroxylation is 1. The molecule has 0 bridgehead atoms. The Balaban J connectivity index is 1.92. The van der Waals surface area contributed by atoms with E-state index < -0.39 is 0 Å². The molecule has 2 N–H and O–H groups in total. The van der Waals surface area contributed by atoms with Gasteiger partial charge in [-0.1, -0.05) is 16.8 Å². The summed E-state index contributed by atoms with van der Waals surface area (Å²) in [7, 11) is 0. The normalized spacial score (nSPS) is 11.0. The van der Waals surface area contributed by atoms with Gasteiger partial charge in [-0.25, -0.2) is 0 Å². The molecule has 2 aromatic carbocycles. The van der Waals surface area contributed by atoms with E-state index in [1.54, 1.807) is 12.1 Å². The third-order valence-electron chi connectivity index (χ3n) is 3.46. The van der Waals surface area contributed by atoms with Crippen molar-refractivity contribution in [1.29, 1.82) is 0 Å². The molecule has 5 nitrogen and oxygen atoms in total. The van der Waals surface area contributed by atoms with Crippen molar-refractivity contribution in [1.82, 2.24) is 10.1 Å². The van der Waals surface area contributed by atoms with E-state index in [0.717, 1.165) is 16.7 Å². The molecule has 0 amide bonds. The molecule has 0 saturated heterocycles. The number of nitrogen functional groups attached to an aromatic ring is 1. The fourth-order valence-electron chi connectivity index (χ4n) is 2.37. The molecule has 0 spiro atoms. The van der Waals surface area contributed by atoms with E-state index in [2.05, 4.69) is 10.1 Å². The van der Waals surface area contributed by atoms with Crippen LogP contribution in [0.15, 0.2) is 40.9 Å². The molecule has 1 heterocycles. The van der Waals surface area contributed by atoms with Crippen LogP contribution in [0.1, 0.15) is 19.4 Å². The maximum Gasteiger partial charge on any atom is 0.258 e. The second kappa shape index (κ2) is 6.53. The highest BCUT2D eigenvalue weighted by Crippen LogP contribution is 2.31. The minimum Gasteiger partial charge on any atom is -0.489 e. The number of nitrogens with two attached hydrogens (primary N) is 1. The Morgan fingerprint density at radius 1 is 1.17 bits per heavy atom. The molecular weight excluding hydrogens is 326 g/mol. The fraction of sp³-hybridized carbons (Fsp3) is 0.222. The van der Waals surface area contributed by atoms with Crippen molar-refractivity contribution in [2.75, 3.05) is 5.73 Å². The average Bonchev–Trinajstić information content (AvgIpc) is 2.98. The van der Waals surface area contributed by atoms with Crippen molar-refractivity contribution < 1.29 is 9.26 Å². The average molecular weight is 344 g/mol. The van der Waals surface area contributed by atoms with E-state index >= 15 is 0 Å². The van der Waals surface area contributed by atoms with Gasteiger partial charge >= 0.3 is 0 Å². The zero-order valence-corrected chi connectivity index (χ0v) is 14.5. The lowest BCUT2D eigenvalue weighted by atomic mass is 10.1. The van der Waals surface area contributed by atoms with E-state index in [9.17, 15) is 0 Å². The van der Waals surface area contributed by atoms with Gasteiger partial charge < -0.3 is 15.0 Å². The van der Waals surface area contributed by atoms with Gasteiger partial charge in [-0.2, -0.15) is 4.98 Å². The monoisotopic (exact) mass is 343 g/mol. The fourth-order valence-corrected chi connectivity index (χ4v) is 2.60. The van der Waals surface area contributed by atoms with Crippen LogP contribution < -0.4 is 10.5 Å². The van der Waals surface area contributed by atoms with Gasteiger partial charge in [0.05, 0.1) is 11.1 Å². The molecule has 6 heteroatoms. The van der Waals surface area contributed by atoms with Crippen LogP contribution >= 0.6 is 11.6 Å². The van der Waals surface area contributed by atoms with Crippen molar-refractivity contribution in [3.05, 3.63) is 47.0 Å². The number of ether oxygens (including phenoxy) is 1. The summed E-state index contributed by atoms with van der Waals surface area (Å²) in [6.45, 7) is 5.85. The first-order valence-electron chi connectivity index (χ1n) is 7.61. The van der Waals surface area contributed by atoms with Gasteiger partial charge in [0.1, 0.15) is 5.75 Å². The number of anilines is 1. The molecular formula is C18H18ClN3O2. The van der Waals surface area contributed by atoms with E-state index in [-0.39, 0.29) is 6.10 Å². The van der Waals surface area contributed by atoms with E-state index in [1.807, 2.05) is 45.0 Å². The smallest absolute Gasteiger partial charge is 0.258 e. The highest BCUT2D eigenvalue weighted by molar-refractivity contribution is 6.32. The van der Waals surface area contributed by atoms with Gasteiger partial charge in [0.25, 0.3) is 5.89 Å². The van der Waals surface area contributed by atoms with Gasteiger partial charge in [0, 0.05) is 16.8 Å². The Labute approximate surface area is 145 Å². The number of halogens is 1. The third kappa shape index (κ3) is 3.36. The van der Waals surface area contributed by atoms with Crippen molar-refractivity contribution in [2.24, 2.45) is 0 Å². The standard InChI is InChI=1S/C18H18ClN3O2/c1-10(2)23-16-7-4-12(9-15(16)19)18-21-17(22-24-18)14-6-5-13(20)8-11(14)3/h4-10H,20H2,1-3H3. The summed E-state index contributed by atoms with van der Waals surface area (Å²) < 4.78 is 11.0. The van der Waals surface area contributed by atoms with Crippen LogP contribution in [0.5, 0.6) is 5.75 Å². The van der Waals surface area contributed by atoms with Crippen LogP contribution in [0, 0.1) is 6.92 Å². The maximum absolute atomic E-state index is 6.26. The zero-order chi connectivity index (χ0) is 17.3. The van der Waals surface area contributed by atoms with Crippen LogP contribution in [-0.2, 0) is 0 Å². The van der Waals surface area contributed by atoms with Gasteiger partial charge in [-0.3, -0.25) is 0 Å².